The maximum absolute atomic E-state index is 10.2. The Hall–Kier alpha value is -0.520. The van der Waals surface area contributed by atoms with Gasteiger partial charge in [-0.25, -0.2) is 0 Å². The van der Waals surface area contributed by atoms with E-state index in [1.165, 1.54) is 12.1 Å². The van der Waals surface area contributed by atoms with Gasteiger partial charge in [0, 0.05) is 20.3 Å². The maximum atomic E-state index is 10.2. The summed E-state index contributed by atoms with van der Waals surface area (Å²) in [4.78, 5) is 0. The first kappa shape index (κ1) is 8.61. The molecule has 0 fully saturated rings. The van der Waals surface area contributed by atoms with Crippen LogP contribution in [-0.2, 0) is 0 Å². The summed E-state index contributed by atoms with van der Waals surface area (Å²) in [5.74, 6) is 0. The number of β-amino-alcohol motifs (C(OH)–C–C–N with tert-alkyl or cyclic N) is 1. The number of hydrogen-bond donors (Lipinski definition) is 4. The second-order valence-corrected chi connectivity index (χ2v) is 4.67. The molecule has 0 aliphatic carbocycles. The molecule has 0 bridgehead atoms. The summed E-state index contributed by atoms with van der Waals surface area (Å²) in [5.41, 5.74) is 3.35. The third-order valence-corrected chi connectivity index (χ3v) is 2.95. The zero-order valence-electron chi connectivity index (χ0n) is 15.4. The first-order valence-electron chi connectivity index (χ1n) is 8.05. The van der Waals surface area contributed by atoms with Crippen molar-refractivity contribution in [3.63, 3.8) is 0 Å². The summed E-state index contributed by atoms with van der Waals surface area (Å²) in [7, 11) is 0. The third kappa shape index (κ3) is 4.00. The number of aliphatic hydroxyl groups is 2. The van der Waals surface area contributed by atoms with Gasteiger partial charge >= 0.3 is 0 Å². The van der Waals surface area contributed by atoms with Crippen molar-refractivity contribution >= 4 is 28.9 Å². The molecular weight excluding hydrogens is 275 g/mol. The van der Waals surface area contributed by atoms with Crippen molar-refractivity contribution in [1.82, 2.24) is 5.32 Å². The predicted molar refractivity (Wildman–Crippen MR) is 75.0 cm³/mol. The van der Waals surface area contributed by atoms with Gasteiger partial charge in [-0.1, -0.05) is 23.2 Å². The molecular formula is C12H18Cl2N2O2. The van der Waals surface area contributed by atoms with Gasteiger partial charge in [-0.15, -0.1) is 0 Å². The Balaban J connectivity index is 3.07. The smallest absolute Gasteiger partial charge is 0.0915 e. The zero-order valence-corrected chi connectivity index (χ0v) is 10.9. The highest BCUT2D eigenvalue weighted by molar-refractivity contribution is 6.38. The third-order valence-electron chi connectivity index (χ3n) is 2.32. The van der Waals surface area contributed by atoms with Gasteiger partial charge in [-0.2, -0.15) is 0 Å². The average molecular weight is 299 g/mol. The number of rotatable bonds is 5. The van der Waals surface area contributed by atoms with Crippen LogP contribution in [0.15, 0.2) is 12.1 Å². The minimum atomic E-state index is -3.04. The highest BCUT2D eigenvalue weighted by Crippen LogP contribution is 2.31. The van der Waals surface area contributed by atoms with E-state index >= 15 is 0 Å². The molecule has 5 N–H and O–H groups in total. The van der Waals surface area contributed by atoms with Gasteiger partial charge in [0.15, 0.2) is 0 Å². The molecule has 1 aromatic carbocycles. The Kier molecular flexibility index (Phi) is 2.91. The molecule has 1 rings (SSSR count). The highest BCUT2D eigenvalue weighted by Gasteiger charge is 2.18. The zero-order chi connectivity index (χ0) is 18.9. The first-order chi connectivity index (χ1) is 10.8. The Morgan fingerprint density at radius 1 is 1.44 bits per heavy atom. The number of nitrogen functional groups attached to an aromatic ring is 1. The average Bonchev–Trinajstić information content (AvgIpc) is 2.42. The van der Waals surface area contributed by atoms with Crippen molar-refractivity contribution in [2.45, 2.75) is 25.3 Å². The molecule has 4 nitrogen and oxygen atoms in total. The lowest BCUT2D eigenvalue weighted by molar-refractivity contribution is 0.136. The largest absolute Gasteiger partial charge is 0.396 e. The van der Waals surface area contributed by atoms with Crippen LogP contribution in [0.25, 0.3) is 0 Å². The lowest BCUT2D eigenvalue weighted by atomic mass is 10.0. The first-order valence-corrected chi connectivity index (χ1v) is 5.81. The molecule has 0 aliphatic rings. The van der Waals surface area contributed by atoms with Gasteiger partial charge in [-0.05, 0) is 31.4 Å². The summed E-state index contributed by atoms with van der Waals surface area (Å²) in [6.07, 6.45) is -1.32. The van der Waals surface area contributed by atoms with Gasteiger partial charge in [0.25, 0.3) is 0 Å². The Morgan fingerprint density at radius 2 is 2.00 bits per heavy atom. The van der Waals surface area contributed by atoms with Gasteiger partial charge < -0.3 is 21.3 Å². The number of hydrogen-bond acceptors (Lipinski definition) is 4. The fourth-order valence-corrected chi connectivity index (χ4v) is 1.74. The van der Waals surface area contributed by atoms with Crippen molar-refractivity contribution in [2.24, 2.45) is 0 Å². The summed E-state index contributed by atoms with van der Waals surface area (Å²) in [5, 5.41) is 22.1. The van der Waals surface area contributed by atoms with Crippen LogP contribution >= 0.6 is 23.2 Å². The van der Waals surface area contributed by atoms with Crippen LogP contribution in [0.3, 0.4) is 0 Å². The van der Waals surface area contributed by atoms with Crippen LogP contribution in [0.2, 0.25) is 10.0 Å². The van der Waals surface area contributed by atoms with Crippen LogP contribution in [0.1, 0.15) is 33.6 Å². The number of aliphatic hydroxyl groups excluding tert-OH is 2. The number of anilines is 1. The van der Waals surface area contributed by atoms with Crippen molar-refractivity contribution < 1.29 is 18.4 Å². The summed E-state index contributed by atoms with van der Waals surface area (Å²) in [6, 6.07) is 2.67. The standard InChI is InChI=1S/C12H18Cl2N2O2/c1-12(2,6-17)16-5-10(18)7-3-8(13)11(15)9(14)4-7/h3-4,10,16-18H,5-6,15H2,1-2H3/i1D3,2D3. The maximum Gasteiger partial charge on any atom is 0.0915 e. The molecule has 0 radical (unpaired) electrons. The molecule has 0 saturated heterocycles. The topological polar surface area (TPSA) is 78.5 Å². The van der Waals surface area contributed by atoms with E-state index in [0.29, 0.717) is 0 Å². The van der Waals surface area contributed by atoms with Crippen molar-refractivity contribution in [2.75, 3.05) is 18.9 Å². The second-order valence-electron chi connectivity index (χ2n) is 3.86. The summed E-state index contributed by atoms with van der Waals surface area (Å²) in [6.45, 7) is -7.71. The minimum Gasteiger partial charge on any atom is -0.396 e. The molecule has 18 heavy (non-hydrogen) atoms. The van der Waals surface area contributed by atoms with Crippen molar-refractivity contribution in [3.8, 4) is 0 Å². The molecule has 0 aliphatic heterocycles. The Morgan fingerprint density at radius 3 is 2.44 bits per heavy atom. The lowest BCUT2D eigenvalue weighted by Crippen LogP contribution is -2.44. The number of halogens is 2. The molecule has 1 atom stereocenters. The van der Waals surface area contributed by atoms with Crippen LogP contribution in [0, 0.1) is 0 Å². The van der Waals surface area contributed by atoms with E-state index in [1.54, 1.807) is 0 Å². The van der Waals surface area contributed by atoms with E-state index in [0.717, 1.165) is 0 Å². The Labute approximate surface area is 125 Å². The van der Waals surface area contributed by atoms with Crippen LogP contribution < -0.4 is 11.1 Å². The summed E-state index contributed by atoms with van der Waals surface area (Å²) < 4.78 is 44.7. The van der Waals surface area contributed by atoms with Crippen LogP contribution in [0.5, 0.6) is 0 Å². The number of nitrogens with one attached hydrogen (secondary N) is 1. The minimum absolute atomic E-state index is 0.0941. The van der Waals surface area contributed by atoms with E-state index in [2.05, 4.69) is 5.32 Å². The molecule has 1 unspecified atom stereocenters. The van der Waals surface area contributed by atoms with Crippen LogP contribution in [-0.4, -0.2) is 28.9 Å². The monoisotopic (exact) mass is 298 g/mol. The number of nitrogens with two attached hydrogens (primary N) is 1. The summed E-state index contributed by atoms with van der Waals surface area (Å²) >= 11 is 11.7. The molecule has 102 valence electrons. The van der Waals surface area contributed by atoms with Crippen molar-refractivity contribution in [1.29, 1.82) is 0 Å². The SMILES string of the molecule is [2H]C([2H])([2H])C(CO)(NCC(O)c1cc(Cl)c(N)c(Cl)c1)C([2H])([2H])[2H]. The van der Waals surface area contributed by atoms with E-state index in [4.69, 9.17) is 37.2 Å². The molecule has 0 amide bonds. The Bertz CT molecular complexity index is 557. The predicted octanol–water partition coefficient (Wildman–Crippen LogP) is 1.97. The van der Waals surface area contributed by atoms with E-state index in [9.17, 15) is 10.2 Å². The van der Waals surface area contributed by atoms with E-state index in [1.807, 2.05) is 0 Å². The fraction of sp³-hybridized carbons (Fsp3) is 0.500. The normalized spacial score (nSPS) is 20.0. The molecule has 1 aromatic rings. The molecule has 0 heterocycles. The quantitative estimate of drug-likeness (QED) is 0.627. The van der Waals surface area contributed by atoms with E-state index in [-0.39, 0.29) is 21.3 Å². The highest BCUT2D eigenvalue weighted by atomic mass is 35.5. The second kappa shape index (κ2) is 6.08. The molecule has 0 saturated carbocycles. The van der Waals surface area contributed by atoms with Gasteiger partial charge in [0.1, 0.15) is 0 Å². The molecule has 6 heteroatoms. The van der Waals surface area contributed by atoms with Gasteiger partial charge in [-0.3, -0.25) is 0 Å². The van der Waals surface area contributed by atoms with Crippen molar-refractivity contribution in [3.05, 3.63) is 27.7 Å². The molecule has 0 aromatic heterocycles. The lowest BCUT2D eigenvalue weighted by Gasteiger charge is -2.25. The molecule has 0 spiro atoms. The van der Waals surface area contributed by atoms with E-state index < -0.39 is 38.5 Å². The number of benzene rings is 1. The van der Waals surface area contributed by atoms with Gasteiger partial charge in [0.05, 0.1) is 28.4 Å². The fourth-order valence-electron chi connectivity index (χ4n) is 1.24. The van der Waals surface area contributed by atoms with Crippen LogP contribution in [0.4, 0.5) is 5.69 Å². The van der Waals surface area contributed by atoms with Gasteiger partial charge in [0.2, 0.25) is 0 Å².